The number of hydrogen-bond donors (Lipinski definition) is 2. The third-order valence-electron chi connectivity index (χ3n) is 5.23. The Morgan fingerprint density at radius 3 is 1.30 bits per heavy atom. The fourth-order valence-electron chi connectivity index (χ4n) is 3.27. The maximum absolute atomic E-state index is 11.8. The smallest absolute Gasteiger partial charge is 0.223 e. The van der Waals surface area contributed by atoms with E-state index in [-0.39, 0.29) is 11.8 Å². The molecule has 2 N–H and O–H groups in total. The molecule has 174 valence electrons. The Morgan fingerprint density at radius 2 is 0.900 bits per heavy atom. The van der Waals surface area contributed by atoms with Gasteiger partial charge in [0.05, 0.1) is 0 Å². The van der Waals surface area contributed by atoms with E-state index in [4.69, 9.17) is 0 Å². The highest BCUT2D eigenvalue weighted by Crippen LogP contribution is 2.08. The molecule has 0 bridgehead atoms. The van der Waals surface area contributed by atoms with Crippen molar-refractivity contribution in [3.63, 3.8) is 0 Å². The summed E-state index contributed by atoms with van der Waals surface area (Å²) in [5.74, 6) is 0.0712. The summed E-state index contributed by atoms with van der Waals surface area (Å²) in [5, 5.41) is 5.64. The molecule has 0 saturated carbocycles. The lowest BCUT2D eigenvalue weighted by Gasteiger charge is -2.02. The average molecular weight is 421 g/mol. The molecule has 2 amide bonds. The zero-order valence-electron chi connectivity index (χ0n) is 19.9. The molecule has 4 heteroatoms. The van der Waals surface area contributed by atoms with E-state index in [1.54, 1.807) is 12.4 Å². The molecule has 30 heavy (non-hydrogen) atoms. The molecule has 0 unspecified atom stereocenters. The second-order valence-electron chi connectivity index (χ2n) is 8.26. The van der Waals surface area contributed by atoms with Crippen LogP contribution in [0.4, 0.5) is 0 Å². The van der Waals surface area contributed by atoms with Crippen molar-refractivity contribution in [2.75, 3.05) is 0 Å². The number of carbonyl (C=O) groups is 2. The Bertz CT molecular complexity index is 416. The Balaban J connectivity index is 3.46. The van der Waals surface area contributed by atoms with Gasteiger partial charge in [0.2, 0.25) is 11.8 Å². The second-order valence-corrected chi connectivity index (χ2v) is 8.26. The molecule has 0 fully saturated rings. The highest BCUT2D eigenvalue weighted by molar-refractivity contribution is 5.78. The number of amides is 2. The van der Waals surface area contributed by atoms with Crippen LogP contribution in [0.3, 0.4) is 0 Å². The van der Waals surface area contributed by atoms with Crippen LogP contribution < -0.4 is 10.6 Å². The first-order chi connectivity index (χ1) is 14.7. The molecule has 0 spiro atoms. The molecule has 0 aromatic carbocycles. The van der Waals surface area contributed by atoms with Crippen LogP contribution in [0.25, 0.3) is 0 Å². The van der Waals surface area contributed by atoms with Gasteiger partial charge in [-0.3, -0.25) is 9.59 Å². The lowest BCUT2D eigenvalue weighted by molar-refractivity contribution is -0.122. The van der Waals surface area contributed by atoms with E-state index in [1.807, 2.05) is 12.2 Å². The van der Waals surface area contributed by atoms with Gasteiger partial charge in [-0.1, -0.05) is 90.2 Å². The van der Waals surface area contributed by atoms with Gasteiger partial charge in [0.15, 0.2) is 0 Å². The van der Waals surface area contributed by atoms with E-state index < -0.39 is 0 Å². The van der Waals surface area contributed by atoms with Gasteiger partial charge >= 0.3 is 0 Å². The highest BCUT2D eigenvalue weighted by Gasteiger charge is 2.02. The van der Waals surface area contributed by atoms with Crippen LogP contribution >= 0.6 is 0 Å². The minimum absolute atomic E-state index is 0.0356. The fourth-order valence-corrected chi connectivity index (χ4v) is 3.27. The van der Waals surface area contributed by atoms with Crippen LogP contribution in [0.2, 0.25) is 0 Å². The topological polar surface area (TPSA) is 58.2 Å². The maximum Gasteiger partial charge on any atom is 0.223 e. The zero-order valence-corrected chi connectivity index (χ0v) is 19.9. The maximum atomic E-state index is 11.8. The first-order valence-corrected chi connectivity index (χ1v) is 12.6. The van der Waals surface area contributed by atoms with Gasteiger partial charge < -0.3 is 10.6 Å². The first kappa shape index (κ1) is 28.4. The predicted molar refractivity (Wildman–Crippen MR) is 129 cm³/mol. The van der Waals surface area contributed by atoms with Crippen LogP contribution in [0.1, 0.15) is 129 Å². The highest BCUT2D eigenvalue weighted by atomic mass is 16.2. The summed E-state index contributed by atoms with van der Waals surface area (Å²) in [6.45, 7) is 4.46. The number of carbonyl (C=O) groups excluding carboxylic acids is 2. The number of nitrogens with one attached hydrogen (secondary N) is 2. The number of rotatable bonds is 21. The monoisotopic (exact) mass is 420 g/mol. The van der Waals surface area contributed by atoms with Crippen LogP contribution in [0.5, 0.6) is 0 Å². The van der Waals surface area contributed by atoms with Crippen molar-refractivity contribution in [3.05, 3.63) is 24.6 Å². The van der Waals surface area contributed by atoms with Gasteiger partial charge in [0, 0.05) is 12.8 Å². The largest absolute Gasteiger partial charge is 0.333 e. The Morgan fingerprint density at radius 1 is 0.533 bits per heavy atom. The summed E-state index contributed by atoms with van der Waals surface area (Å²) in [7, 11) is 0. The molecule has 0 rings (SSSR count). The van der Waals surface area contributed by atoms with Crippen LogP contribution in [0.15, 0.2) is 24.6 Å². The third-order valence-corrected chi connectivity index (χ3v) is 5.23. The van der Waals surface area contributed by atoms with Crippen LogP contribution in [-0.2, 0) is 9.59 Å². The molecule has 0 aromatic rings. The quantitative estimate of drug-likeness (QED) is 0.191. The van der Waals surface area contributed by atoms with Crippen molar-refractivity contribution in [1.82, 2.24) is 10.6 Å². The van der Waals surface area contributed by atoms with Gasteiger partial charge in [-0.15, -0.1) is 0 Å². The SMILES string of the molecule is CCCCCCCC/C=C/NC(=O)CCCCC(=O)N/C=C/CCCCCCCC. The van der Waals surface area contributed by atoms with Crippen molar-refractivity contribution in [2.24, 2.45) is 0 Å². The van der Waals surface area contributed by atoms with E-state index in [9.17, 15) is 9.59 Å². The summed E-state index contributed by atoms with van der Waals surface area (Å²) in [6, 6.07) is 0. The van der Waals surface area contributed by atoms with Crippen molar-refractivity contribution in [2.45, 2.75) is 129 Å². The van der Waals surface area contributed by atoms with Crippen LogP contribution in [0, 0.1) is 0 Å². The summed E-state index contributed by atoms with van der Waals surface area (Å²) < 4.78 is 0. The normalized spacial score (nSPS) is 11.4. The molecule has 0 aliphatic carbocycles. The number of allylic oxidation sites excluding steroid dienone is 2. The van der Waals surface area contributed by atoms with Crippen molar-refractivity contribution in [3.8, 4) is 0 Å². The molecular formula is C26H48N2O2. The Hall–Kier alpha value is -1.58. The molecular weight excluding hydrogens is 372 g/mol. The standard InChI is InChI=1S/C26H48N2O2/c1-3-5-7-9-11-13-15-19-23-27-25(29)21-17-18-22-26(30)28-24-20-16-14-12-10-8-6-4-2/h19-20,23-24H,3-18,21-22H2,1-2H3,(H,27,29)(H,28,30)/b23-19+,24-20+. The molecule has 0 saturated heterocycles. The second kappa shape index (κ2) is 23.7. The Labute approximate surface area is 186 Å². The van der Waals surface area contributed by atoms with E-state index in [0.29, 0.717) is 12.8 Å². The van der Waals surface area contributed by atoms with Gasteiger partial charge in [-0.2, -0.15) is 0 Å². The summed E-state index contributed by atoms with van der Waals surface area (Å²) >= 11 is 0. The predicted octanol–water partition coefficient (Wildman–Crippen LogP) is 7.31. The van der Waals surface area contributed by atoms with Gasteiger partial charge in [0.25, 0.3) is 0 Å². The molecule has 0 aromatic heterocycles. The van der Waals surface area contributed by atoms with Crippen molar-refractivity contribution >= 4 is 11.8 Å². The third kappa shape index (κ3) is 22.7. The summed E-state index contributed by atoms with van der Waals surface area (Å²) in [5.41, 5.74) is 0. The number of hydrogen-bond acceptors (Lipinski definition) is 2. The lowest BCUT2D eigenvalue weighted by atomic mass is 10.1. The van der Waals surface area contributed by atoms with E-state index in [0.717, 1.165) is 25.7 Å². The first-order valence-electron chi connectivity index (χ1n) is 12.6. The van der Waals surface area contributed by atoms with Gasteiger partial charge in [0.1, 0.15) is 0 Å². The van der Waals surface area contributed by atoms with Gasteiger partial charge in [-0.05, 0) is 50.9 Å². The minimum Gasteiger partial charge on any atom is -0.333 e. The van der Waals surface area contributed by atoms with E-state index >= 15 is 0 Å². The van der Waals surface area contributed by atoms with Crippen molar-refractivity contribution in [1.29, 1.82) is 0 Å². The fraction of sp³-hybridized carbons (Fsp3) is 0.769. The average Bonchev–Trinajstić information content (AvgIpc) is 2.74. The lowest BCUT2D eigenvalue weighted by Crippen LogP contribution is -2.18. The molecule has 0 radical (unpaired) electrons. The molecule has 0 atom stereocenters. The summed E-state index contributed by atoms with van der Waals surface area (Å²) in [6.07, 6.45) is 27.6. The molecule has 0 aliphatic heterocycles. The Kier molecular flexibility index (Phi) is 22.4. The van der Waals surface area contributed by atoms with Crippen LogP contribution in [-0.4, -0.2) is 11.8 Å². The molecule has 0 aliphatic rings. The van der Waals surface area contributed by atoms with E-state index in [2.05, 4.69) is 24.5 Å². The minimum atomic E-state index is 0.0356. The molecule has 0 heterocycles. The van der Waals surface area contributed by atoms with E-state index in [1.165, 1.54) is 77.0 Å². The molecule has 4 nitrogen and oxygen atoms in total. The van der Waals surface area contributed by atoms with Gasteiger partial charge in [-0.25, -0.2) is 0 Å². The van der Waals surface area contributed by atoms with Crippen molar-refractivity contribution < 1.29 is 9.59 Å². The number of unbranched alkanes of at least 4 members (excludes halogenated alkanes) is 13. The summed E-state index contributed by atoms with van der Waals surface area (Å²) in [4.78, 5) is 23.6. The zero-order chi connectivity index (χ0) is 22.1.